The Morgan fingerprint density at radius 3 is 1.69 bits per heavy atom. The molecule has 0 unspecified atom stereocenters. The summed E-state index contributed by atoms with van der Waals surface area (Å²) in [5.74, 6) is 0. The van der Waals surface area contributed by atoms with E-state index in [2.05, 4.69) is 56.3 Å². The Hall–Kier alpha value is -2.48. The molecule has 0 bridgehead atoms. The third kappa shape index (κ3) is 5.32. The summed E-state index contributed by atoms with van der Waals surface area (Å²) in [5.41, 5.74) is 8.86. The molecule has 0 aromatic heterocycles. The number of hydrogen-bond donors (Lipinski definition) is 2. The predicted octanol–water partition coefficient (Wildman–Crippen LogP) is 2.62. The van der Waals surface area contributed by atoms with Crippen molar-refractivity contribution in [3.63, 3.8) is 0 Å². The first kappa shape index (κ1) is 22.8. The first-order chi connectivity index (χ1) is 13.7. The van der Waals surface area contributed by atoms with Gasteiger partial charge in [0.05, 0.1) is 13.1 Å². The molecule has 0 radical (unpaired) electrons. The molecule has 0 aliphatic heterocycles. The smallest absolute Gasteiger partial charge is 0.741 e. The summed E-state index contributed by atoms with van der Waals surface area (Å²) in [6.07, 6.45) is 3.33. The zero-order valence-corrected chi connectivity index (χ0v) is 20.4. The molecule has 0 spiro atoms. The van der Waals surface area contributed by atoms with E-state index in [9.17, 15) is 0 Å². The molecule has 1 aliphatic rings. The Bertz CT molecular complexity index is 964. The van der Waals surface area contributed by atoms with Crippen molar-refractivity contribution in [3.05, 3.63) is 72.8 Å². The summed E-state index contributed by atoms with van der Waals surface area (Å²) in [6, 6.07) is 12.1. The molecule has 0 saturated carbocycles. The SMILES string of the molecule is C=CCN=C([S-])N/N=C1/C(=N/NC([S-])=NCC=C)c2cccc3cccc1c23.[Zn+2]. The van der Waals surface area contributed by atoms with Crippen LogP contribution in [0.1, 0.15) is 11.1 Å². The van der Waals surface area contributed by atoms with E-state index in [1.165, 1.54) is 0 Å². The van der Waals surface area contributed by atoms with Crippen molar-refractivity contribution < 1.29 is 19.5 Å². The fourth-order valence-corrected chi connectivity index (χ4v) is 3.03. The average molecular weight is 472 g/mol. The van der Waals surface area contributed by atoms with Gasteiger partial charge >= 0.3 is 19.5 Å². The molecule has 1 aliphatic carbocycles. The quantitative estimate of drug-likeness (QED) is 0.170. The summed E-state index contributed by atoms with van der Waals surface area (Å²) in [5, 5.41) is 11.7. The number of benzene rings is 2. The summed E-state index contributed by atoms with van der Waals surface area (Å²) >= 11 is 10.4. The molecule has 2 N–H and O–H groups in total. The van der Waals surface area contributed by atoms with Gasteiger partial charge in [0, 0.05) is 16.5 Å². The van der Waals surface area contributed by atoms with Crippen LogP contribution in [0.15, 0.2) is 81.9 Å². The molecule has 2 aromatic rings. The number of aliphatic imine (C=N–C) groups is 2. The van der Waals surface area contributed by atoms with E-state index in [4.69, 9.17) is 25.3 Å². The van der Waals surface area contributed by atoms with Gasteiger partial charge in [-0.1, -0.05) is 48.6 Å². The second kappa shape index (κ2) is 10.9. The van der Waals surface area contributed by atoms with Gasteiger partial charge in [0.25, 0.3) is 0 Å². The van der Waals surface area contributed by atoms with Crippen LogP contribution in [0.5, 0.6) is 0 Å². The topological polar surface area (TPSA) is 73.5 Å². The Morgan fingerprint density at radius 2 is 1.28 bits per heavy atom. The average Bonchev–Trinajstić information content (AvgIpc) is 3.02. The maximum absolute atomic E-state index is 5.18. The molecule has 6 nitrogen and oxygen atoms in total. The minimum absolute atomic E-state index is 0. The van der Waals surface area contributed by atoms with Gasteiger partial charge in [-0.2, -0.15) is 10.2 Å². The molecule has 3 rings (SSSR count). The molecule has 142 valence electrons. The van der Waals surface area contributed by atoms with E-state index in [-0.39, 0.29) is 29.8 Å². The summed E-state index contributed by atoms with van der Waals surface area (Å²) in [6.45, 7) is 8.10. The first-order valence-electron chi connectivity index (χ1n) is 8.50. The van der Waals surface area contributed by atoms with E-state index in [1.807, 2.05) is 24.3 Å². The van der Waals surface area contributed by atoms with E-state index in [1.54, 1.807) is 12.2 Å². The largest absolute Gasteiger partial charge is 2.00 e. The van der Waals surface area contributed by atoms with Gasteiger partial charge in [0.1, 0.15) is 11.4 Å². The van der Waals surface area contributed by atoms with Gasteiger partial charge in [-0.3, -0.25) is 20.8 Å². The van der Waals surface area contributed by atoms with Crippen molar-refractivity contribution in [2.45, 2.75) is 0 Å². The number of nitrogens with zero attached hydrogens (tertiary/aromatic N) is 4. The van der Waals surface area contributed by atoms with Crippen LogP contribution < -0.4 is 10.9 Å². The monoisotopic (exact) mass is 470 g/mol. The molecule has 0 amide bonds. The molecule has 9 heteroatoms. The van der Waals surface area contributed by atoms with Gasteiger partial charge in [0.2, 0.25) is 0 Å². The van der Waals surface area contributed by atoms with Crippen LogP contribution in [0.4, 0.5) is 0 Å². The van der Waals surface area contributed by atoms with Gasteiger partial charge < -0.3 is 25.3 Å². The number of amidine groups is 2. The van der Waals surface area contributed by atoms with Crippen molar-refractivity contribution in [2.24, 2.45) is 20.2 Å². The zero-order chi connectivity index (χ0) is 19.9. The van der Waals surface area contributed by atoms with Gasteiger partial charge in [-0.05, 0) is 15.7 Å². The summed E-state index contributed by atoms with van der Waals surface area (Å²) < 4.78 is 0. The molecule has 29 heavy (non-hydrogen) atoms. The van der Waals surface area contributed by atoms with E-state index in [0.717, 1.165) is 21.9 Å². The van der Waals surface area contributed by atoms with Crippen molar-refractivity contribution in [2.75, 3.05) is 13.1 Å². The minimum atomic E-state index is 0. The fraction of sp³-hybridized carbons (Fsp3) is 0.100. The van der Waals surface area contributed by atoms with Crippen LogP contribution in [0.3, 0.4) is 0 Å². The third-order valence-corrected chi connectivity index (χ3v) is 4.33. The zero-order valence-electron chi connectivity index (χ0n) is 15.8. The Labute approximate surface area is 193 Å². The van der Waals surface area contributed by atoms with Crippen LogP contribution in [-0.4, -0.2) is 34.8 Å². The molecule has 0 atom stereocenters. The van der Waals surface area contributed by atoms with Crippen molar-refractivity contribution in [1.82, 2.24) is 10.9 Å². The second-order valence-electron chi connectivity index (χ2n) is 5.72. The van der Waals surface area contributed by atoms with Crippen LogP contribution in [0.25, 0.3) is 10.8 Å². The normalized spacial score (nSPS) is 16.0. The molecular weight excluding hydrogens is 454 g/mol. The van der Waals surface area contributed by atoms with Gasteiger partial charge in [0.15, 0.2) is 0 Å². The van der Waals surface area contributed by atoms with Crippen molar-refractivity contribution >= 4 is 57.8 Å². The third-order valence-electron chi connectivity index (χ3n) is 3.89. The van der Waals surface area contributed by atoms with Crippen LogP contribution in [-0.2, 0) is 44.7 Å². The molecule has 0 saturated heterocycles. The molecular formula is C20H18N6S2Zn. The van der Waals surface area contributed by atoms with Crippen molar-refractivity contribution in [1.29, 1.82) is 0 Å². The summed E-state index contributed by atoms with van der Waals surface area (Å²) in [4.78, 5) is 8.26. The maximum Gasteiger partial charge on any atom is 2.00 e. The minimum Gasteiger partial charge on any atom is -0.741 e. The van der Waals surface area contributed by atoms with Crippen molar-refractivity contribution in [3.8, 4) is 0 Å². The molecule has 0 heterocycles. The predicted molar refractivity (Wildman–Crippen MR) is 123 cm³/mol. The maximum atomic E-state index is 5.18. The summed E-state index contributed by atoms with van der Waals surface area (Å²) in [7, 11) is 0. The number of hydrazone groups is 2. The van der Waals surface area contributed by atoms with Crippen LogP contribution in [0.2, 0.25) is 0 Å². The standard InChI is InChI=1S/C20H20N6S2.Zn/c1-3-11-21-19(27)25-23-17-14-9-5-7-13-8-6-10-15(16(13)14)18(17)24-26-20(28)22-12-4-2;/h3-10H,1-2,11-12H2,(H2,21,25,27)(H2,22,26,28);/q;+2/p-2/b23-17+,24-18+;. The van der Waals surface area contributed by atoms with Gasteiger partial charge in [-0.25, -0.2) is 0 Å². The van der Waals surface area contributed by atoms with Gasteiger partial charge in [-0.15, -0.1) is 13.2 Å². The molecule has 2 aromatic carbocycles. The number of nitrogens with one attached hydrogen (secondary N) is 2. The Balaban J connectivity index is 0.00000300. The Morgan fingerprint density at radius 1 is 0.828 bits per heavy atom. The van der Waals surface area contributed by atoms with E-state index in [0.29, 0.717) is 24.5 Å². The van der Waals surface area contributed by atoms with E-state index < -0.39 is 0 Å². The van der Waals surface area contributed by atoms with E-state index >= 15 is 0 Å². The number of rotatable bonds is 6. The number of hydrogen-bond acceptors (Lipinski definition) is 6. The first-order valence-corrected chi connectivity index (χ1v) is 9.32. The molecule has 0 fully saturated rings. The Kier molecular flexibility index (Phi) is 8.57. The second-order valence-corrected chi connectivity index (χ2v) is 6.50. The fourth-order valence-electron chi connectivity index (χ4n) is 2.79. The van der Waals surface area contributed by atoms with Crippen LogP contribution in [0, 0.1) is 0 Å². The van der Waals surface area contributed by atoms with Crippen LogP contribution >= 0.6 is 0 Å².